The Morgan fingerprint density at radius 3 is 2.80 bits per heavy atom. The second kappa shape index (κ2) is 7.33. The lowest BCUT2D eigenvalue weighted by Gasteiger charge is -2.34. The Morgan fingerprint density at radius 1 is 1.28 bits per heavy atom. The summed E-state index contributed by atoms with van der Waals surface area (Å²) < 4.78 is 39.8. The zero-order valence-electron chi connectivity index (χ0n) is 12.9. The fraction of sp³-hybridized carbons (Fsp3) is 0.400. The van der Waals surface area contributed by atoms with Gasteiger partial charge in [0.2, 0.25) is 5.95 Å². The molecular formula is C15H14BrClF3N5. The van der Waals surface area contributed by atoms with Crippen LogP contribution in [0.25, 0.3) is 0 Å². The molecule has 2 aromatic rings. The number of aromatic nitrogens is 3. The van der Waals surface area contributed by atoms with Crippen LogP contribution in [0.5, 0.6) is 0 Å². The van der Waals surface area contributed by atoms with Gasteiger partial charge in [-0.05, 0) is 34.8 Å². The minimum absolute atomic E-state index is 0.123. The van der Waals surface area contributed by atoms with Crippen LogP contribution in [0.1, 0.15) is 12.8 Å². The van der Waals surface area contributed by atoms with E-state index in [1.54, 1.807) is 23.4 Å². The Labute approximate surface area is 155 Å². The fourth-order valence-corrected chi connectivity index (χ4v) is 3.26. The number of hydrogen-bond donors (Lipinski definition) is 1. The lowest BCUT2D eigenvalue weighted by atomic mass is 9.97. The van der Waals surface area contributed by atoms with Crippen LogP contribution in [0.2, 0.25) is 5.02 Å². The second-order valence-corrected chi connectivity index (χ2v) is 7.03. The molecule has 3 rings (SSSR count). The molecule has 10 heteroatoms. The van der Waals surface area contributed by atoms with Gasteiger partial charge in [0.1, 0.15) is 5.02 Å². The molecule has 1 unspecified atom stereocenters. The van der Waals surface area contributed by atoms with Crippen molar-refractivity contribution in [1.82, 2.24) is 15.0 Å². The minimum Gasteiger partial charge on any atom is -0.355 e. The maximum absolute atomic E-state index is 13.0. The first-order chi connectivity index (χ1) is 11.8. The molecule has 2 aromatic heterocycles. The number of halogens is 5. The Hall–Kier alpha value is -1.61. The first-order valence-electron chi connectivity index (χ1n) is 7.54. The highest BCUT2D eigenvalue weighted by Crippen LogP contribution is 2.36. The van der Waals surface area contributed by atoms with Crippen molar-refractivity contribution in [3.8, 4) is 0 Å². The number of nitrogens with zero attached hydrogens (tertiary/aromatic N) is 4. The largest absolute Gasteiger partial charge is 0.393 e. The third-order valence-electron chi connectivity index (χ3n) is 3.87. The van der Waals surface area contributed by atoms with Crippen LogP contribution in [0.3, 0.4) is 0 Å². The molecule has 0 aromatic carbocycles. The molecule has 1 aliphatic heterocycles. The van der Waals surface area contributed by atoms with Gasteiger partial charge >= 0.3 is 6.18 Å². The molecule has 0 aliphatic carbocycles. The quantitative estimate of drug-likeness (QED) is 0.748. The maximum Gasteiger partial charge on any atom is 0.393 e. The number of anilines is 3. The molecule has 0 amide bonds. The second-order valence-electron chi connectivity index (χ2n) is 5.71. The topological polar surface area (TPSA) is 53.9 Å². The maximum atomic E-state index is 13.0. The van der Waals surface area contributed by atoms with Crippen LogP contribution in [0.4, 0.5) is 30.6 Å². The van der Waals surface area contributed by atoms with Gasteiger partial charge in [0.15, 0.2) is 5.82 Å². The van der Waals surface area contributed by atoms with Crippen LogP contribution in [-0.2, 0) is 0 Å². The van der Waals surface area contributed by atoms with Crippen molar-refractivity contribution in [2.24, 2.45) is 5.92 Å². The summed E-state index contributed by atoms with van der Waals surface area (Å²) in [5.74, 6) is -0.831. The summed E-state index contributed by atoms with van der Waals surface area (Å²) in [6, 6.07) is 1.78. The van der Waals surface area contributed by atoms with Gasteiger partial charge in [-0.15, -0.1) is 0 Å². The van der Waals surface area contributed by atoms with Gasteiger partial charge in [0, 0.05) is 23.8 Å². The van der Waals surface area contributed by atoms with Crippen LogP contribution in [-0.4, -0.2) is 34.2 Å². The van der Waals surface area contributed by atoms with E-state index >= 15 is 0 Å². The molecular weight excluding hydrogens is 423 g/mol. The van der Waals surface area contributed by atoms with Gasteiger partial charge in [-0.1, -0.05) is 11.6 Å². The monoisotopic (exact) mass is 435 g/mol. The van der Waals surface area contributed by atoms with E-state index in [9.17, 15) is 13.2 Å². The van der Waals surface area contributed by atoms with Crippen molar-refractivity contribution in [3.63, 3.8) is 0 Å². The third-order valence-corrected chi connectivity index (χ3v) is 4.57. The highest BCUT2D eigenvalue weighted by atomic mass is 79.9. The molecule has 1 aliphatic rings. The van der Waals surface area contributed by atoms with Crippen molar-refractivity contribution < 1.29 is 13.2 Å². The summed E-state index contributed by atoms with van der Waals surface area (Å²) in [7, 11) is 0. The van der Waals surface area contributed by atoms with E-state index in [-0.39, 0.29) is 23.9 Å². The number of piperidine rings is 1. The van der Waals surface area contributed by atoms with Gasteiger partial charge in [0.25, 0.3) is 0 Å². The number of hydrogen-bond acceptors (Lipinski definition) is 5. The normalized spacial score (nSPS) is 18.3. The lowest BCUT2D eigenvalue weighted by Crippen LogP contribution is -2.42. The van der Waals surface area contributed by atoms with E-state index in [0.29, 0.717) is 24.5 Å². The highest BCUT2D eigenvalue weighted by Gasteiger charge is 2.42. The molecule has 1 saturated heterocycles. The van der Waals surface area contributed by atoms with Crippen molar-refractivity contribution >= 4 is 45.0 Å². The number of pyridine rings is 1. The van der Waals surface area contributed by atoms with Crippen molar-refractivity contribution in [2.75, 3.05) is 23.3 Å². The van der Waals surface area contributed by atoms with Crippen LogP contribution < -0.4 is 10.2 Å². The molecule has 1 fully saturated rings. The van der Waals surface area contributed by atoms with E-state index in [0.717, 1.165) is 4.47 Å². The molecule has 1 N–H and O–H groups in total. The molecule has 5 nitrogen and oxygen atoms in total. The van der Waals surface area contributed by atoms with E-state index in [1.165, 1.54) is 6.20 Å². The summed E-state index contributed by atoms with van der Waals surface area (Å²) in [6.07, 6.45) is 0.934. The molecule has 3 heterocycles. The summed E-state index contributed by atoms with van der Waals surface area (Å²) in [5, 5.41) is 3.19. The van der Waals surface area contributed by atoms with E-state index in [1.807, 2.05) is 0 Å². The lowest BCUT2D eigenvalue weighted by molar-refractivity contribution is -0.176. The third kappa shape index (κ3) is 4.52. The summed E-state index contributed by atoms with van der Waals surface area (Å²) in [4.78, 5) is 14.0. The molecule has 0 saturated carbocycles. The van der Waals surface area contributed by atoms with E-state index in [4.69, 9.17) is 11.6 Å². The molecule has 134 valence electrons. The van der Waals surface area contributed by atoms with E-state index < -0.39 is 12.1 Å². The van der Waals surface area contributed by atoms with Crippen molar-refractivity contribution in [1.29, 1.82) is 0 Å². The minimum atomic E-state index is -4.22. The molecule has 0 spiro atoms. The Morgan fingerprint density at radius 2 is 2.08 bits per heavy atom. The Balaban J connectivity index is 1.82. The predicted molar refractivity (Wildman–Crippen MR) is 93.3 cm³/mol. The summed E-state index contributed by atoms with van der Waals surface area (Å²) in [6.45, 7) is 0.319. The van der Waals surface area contributed by atoms with Crippen LogP contribution >= 0.6 is 27.5 Å². The zero-order chi connectivity index (χ0) is 18.0. The average molecular weight is 437 g/mol. The smallest absolute Gasteiger partial charge is 0.355 e. The van der Waals surface area contributed by atoms with Gasteiger partial charge < -0.3 is 10.2 Å². The van der Waals surface area contributed by atoms with Crippen molar-refractivity contribution in [2.45, 2.75) is 19.0 Å². The van der Waals surface area contributed by atoms with Crippen molar-refractivity contribution in [3.05, 3.63) is 34.2 Å². The van der Waals surface area contributed by atoms with Gasteiger partial charge in [0.05, 0.1) is 24.0 Å². The number of nitrogens with one attached hydrogen (secondary N) is 1. The van der Waals surface area contributed by atoms with E-state index in [2.05, 4.69) is 36.2 Å². The number of rotatable bonds is 3. The Bertz CT molecular complexity index is 758. The number of alkyl halides is 3. The fourth-order valence-electron chi connectivity index (χ4n) is 2.69. The first kappa shape index (κ1) is 18.2. The predicted octanol–water partition coefficient (Wildman–Crippen LogP) is 4.81. The molecule has 0 bridgehead atoms. The Kier molecular flexibility index (Phi) is 5.33. The standard InChI is InChI=1S/C15H14BrClF3N5/c16-10-4-11(6-21-5-10)23-14-22-7-12(17)13(24-14)25-3-1-2-9(8-25)15(18,19)20/h4-7,9H,1-3,8H2,(H,22,23,24). The van der Waals surface area contributed by atoms with Gasteiger partial charge in [-0.3, -0.25) is 4.98 Å². The highest BCUT2D eigenvalue weighted by molar-refractivity contribution is 9.10. The zero-order valence-corrected chi connectivity index (χ0v) is 15.2. The summed E-state index contributed by atoms with van der Waals surface area (Å²) in [5.41, 5.74) is 0.648. The first-order valence-corrected chi connectivity index (χ1v) is 8.72. The SMILES string of the molecule is FC(F)(F)C1CCCN(c2nc(Nc3cncc(Br)c3)ncc2Cl)C1. The van der Waals surface area contributed by atoms with Gasteiger partial charge in [-0.25, -0.2) is 4.98 Å². The van der Waals surface area contributed by atoms with Gasteiger partial charge in [-0.2, -0.15) is 18.2 Å². The average Bonchev–Trinajstić information content (AvgIpc) is 2.56. The molecule has 1 atom stereocenters. The molecule has 25 heavy (non-hydrogen) atoms. The van der Waals surface area contributed by atoms with Crippen LogP contribution in [0.15, 0.2) is 29.1 Å². The molecule has 0 radical (unpaired) electrons. The summed E-state index contributed by atoms with van der Waals surface area (Å²) >= 11 is 9.43. The van der Waals surface area contributed by atoms with Crippen LogP contribution in [0, 0.1) is 5.92 Å².